The molecule has 1 amide bonds. The monoisotopic (exact) mass is 422 g/mol. The van der Waals surface area contributed by atoms with Crippen LogP contribution in [-0.4, -0.2) is 55.5 Å². The van der Waals surface area contributed by atoms with Crippen LogP contribution in [0.15, 0.2) is 52.3 Å². The third-order valence-electron chi connectivity index (χ3n) is 4.73. The molecular formula is C20H23FN2O3S2. The first kappa shape index (κ1) is 20.8. The van der Waals surface area contributed by atoms with Crippen LogP contribution >= 0.6 is 11.8 Å². The molecule has 5 nitrogen and oxygen atoms in total. The first-order valence-corrected chi connectivity index (χ1v) is 11.4. The molecule has 1 saturated heterocycles. The molecule has 8 heteroatoms. The third kappa shape index (κ3) is 4.56. The maximum Gasteiger partial charge on any atom is 0.246 e. The van der Waals surface area contributed by atoms with Crippen molar-refractivity contribution in [2.24, 2.45) is 0 Å². The van der Waals surface area contributed by atoms with Crippen LogP contribution < -0.4 is 0 Å². The van der Waals surface area contributed by atoms with Gasteiger partial charge in [0.1, 0.15) is 10.7 Å². The molecule has 0 bridgehead atoms. The molecule has 0 saturated carbocycles. The molecule has 150 valence electrons. The number of hydrogen-bond acceptors (Lipinski definition) is 4. The van der Waals surface area contributed by atoms with Crippen LogP contribution in [0.4, 0.5) is 4.39 Å². The zero-order chi connectivity index (χ0) is 20.3. The van der Waals surface area contributed by atoms with Gasteiger partial charge in [-0.15, -0.1) is 11.8 Å². The van der Waals surface area contributed by atoms with Crippen molar-refractivity contribution in [1.82, 2.24) is 9.21 Å². The Bertz CT molecular complexity index is 971. The Morgan fingerprint density at radius 3 is 2.39 bits per heavy atom. The second-order valence-electron chi connectivity index (χ2n) is 6.77. The van der Waals surface area contributed by atoms with Crippen LogP contribution in [-0.2, 0) is 14.8 Å². The van der Waals surface area contributed by atoms with Gasteiger partial charge in [-0.05, 0) is 37.6 Å². The molecular weight excluding hydrogens is 399 g/mol. The maximum absolute atomic E-state index is 13.9. The average Bonchev–Trinajstić information content (AvgIpc) is 2.67. The molecule has 2 aromatic rings. The lowest BCUT2D eigenvalue weighted by Gasteiger charge is -2.34. The van der Waals surface area contributed by atoms with Gasteiger partial charge in [-0.2, -0.15) is 4.31 Å². The molecule has 1 fully saturated rings. The fraction of sp³-hybridized carbons (Fsp3) is 0.350. The van der Waals surface area contributed by atoms with E-state index in [1.165, 1.54) is 39.8 Å². The summed E-state index contributed by atoms with van der Waals surface area (Å²) in [5.41, 5.74) is 2.32. The van der Waals surface area contributed by atoms with Gasteiger partial charge in [0.2, 0.25) is 15.9 Å². The minimum absolute atomic E-state index is 0.0204. The number of benzene rings is 2. The van der Waals surface area contributed by atoms with Crippen molar-refractivity contribution in [1.29, 1.82) is 0 Å². The Morgan fingerprint density at radius 2 is 1.75 bits per heavy atom. The van der Waals surface area contributed by atoms with E-state index in [9.17, 15) is 17.6 Å². The minimum Gasteiger partial charge on any atom is -0.339 e. The topological polar surface area (TPSA) is 57.7 Å². The number of aryl methyl sites for hydroxylation is 2. The molecule has 0 spiro atoms. The summed E-state index contributed by atoms with van der Waals surface area (Å²) in [5.74, 6) is -0.469. The molecule has 0 aromatic heterocycles. The molecule has 1 aliphatic heterocycles. The van der Waals surface area contributed by atoms with Crippen molar-refractivity contribution >= 4 is 27.7 Å². The van der Waals surface area contributed by atoms with E-state index >= 15 is 0 Å². The van der Waals surface area contributed by atoms with Gasteiger partial charge in [0, 0.05) is 31.1 Å². The number of piperazine rings is 1. The Hall–Kier alpha value is -1.90. The number of hydrogen-bond donors (Lipinski definition) is 0. The molecule has 0 unspecified atom stereocenters. The van der Waals surface area contributed by atoms with Crippen LogP contribution in [0.5, 0.6) is 0 Å². The number of carbonyl (C=O) groups excluding carboxylic acids is 1. The molecule has 0 aliphatic carbocycles. The Morgan fingerprint density at radius 1 is 1.07 bits per heavy atom. The Balaban J connectivity index is 1.57. The zero-order valence-corrected chi connectivity index (χ0v) is 17.5. The summed E-state index contributed by atoms with van der Waals surface area (Å²) < 4.78 is 40.4. The predicted molar refractivity (Wildman–Crippen MR) is 108 cm³/mol. The first-order valence-electron chi connectivity index (χ1n) is 9.01. The van der Waals surface area contributed by atoms with Crippen molar-refractivity contribution in [2.45, 2.75) is 23.6 Å². The first-order chi connectivity index (χ1) is 13.3. The predicted octanol–water partition coefficient (Wildman–Crippen LogP) is 3.07. The quantitative estimate of drug-likeness (QED) is 0.695. The fourth-order valence-corrected chi connectivity index (χ4v) is 5.56. The molecule has 28 heavy (non-hydrogen) atoms. The van der Waals surface area contributed by atoms with Gasteiger partial charge in [-0.1, -0.05) is 29.8 Å². The molecule has 1 aliphatic rings. The van der Waals surface area contributed by atoms with E-state index in [-0.39, 0.29) is 23.9 Å². The molecule has 1 heterocycles. The minimum atomic E-state index is -3.89. The highest BCUT2D eigenvalue weighted by Gasteiger charge is 2.31. The molecule has 0 radical (unpaired) electrons. The highest BCUT2D eigenvalue weighted by atomic mass is 32.2. The second-order valence-corrected chi connectivity index (χ2v) is 9.70. The highest BCUT2D eigenvalue weighted by molar-refractivity contribution is 8.00. The van der Waals surface area contributed by atoms with E-state index in [2.05, 4.69) is 6.07 Å². The number of carbonyl (C=O) groups is 1. The van der Waals surface area contributed by atoms with Crippen molar-refractivity contribution < 1.29 is 17.6 Å². The fourth-order valence-electron chi connectivity index (χ4n) is 3.16. The van der Waals surface area contributed by atoms with Crippen molar-refractivity contribution in [2.75, 3.05) is 31.9 Å². The van der Waals surface area contributed by atoms with Crippen molar-refractivity contribution in [3.05, 3.63) is 59.4 Å². The van der Waals surface area contributed by atoms with E-state index in [1.807, 2.05) is 26.0 Å². The van der Waals surface area contributed by atoms with Crippen LogP contribution in [0.2, 0.25) is 0 Å². The molecule has 0 N–H and O–H groups in total. The van der Waals surface area contributed by atoms with E-state index in [1.54, 1.807) is 4.90 Å². The number of amides is 1. The summed E-state index contributed by atoms with van der Waals surface area (Å²) >= 11 is 1.49. The summed E-state index contributed by atoms with van der Waals surface area (Å²) in [4.78, 5) is 14.9. The van der Waals surface area contributed by atoms with Gasteiger partial charge in [-0.3, -0.25) is 4.79 Å². The summed E-state index contributed by atoms with van der Waals surface area (Å²) in [6.45, 7) is 4.99. The van der Waals surface area contributed by atoms with E-state index in [0.29, 0.717) is 18.8 Å². The van der Waals surface area contributed by atoms with Gasteiger partial charge >= 0.3 is 0 Å². The van der Waals surface area contributed by atoms with Gasteiger partial charge in [0.25, 0.3) is 0 Å². The number of sulfonamides is 1. The molecule has 2 aromatic carbocycles. The van der Waals surface area contributed by atoms with E-state index in [4.69, 9.17) is 0 Å². The number of thioether (sulfide) groups is 1. The standard InChI is InChI=1S/C20H23FN2O3S2/c1-15-7-8-18(16(2)13-15)27-14-20(24)22-9-11-23(12-10-22)28(25,26)19-6-4-3-5-17(19)21/h3-8,13H,9-12,14H2,1-2H3. The van der Waals surface area contributed by atoms with Gasteiger partial charge in [0.05, 0.1) is 5.75 Å². The third-order valence-corrected chi connectivity index (χ3v) is 7.82. The number of nitrogens with zero attached hydrogens (tertiary/aromatic N) is 2. The van der Waals surface area contributed by atoms with E-state index < -0.39 is 15.8 Å². The lowest BCUT2D eigenvalue weighted by atomic mass is 10.2. The second kappa shape index (κ2) is 8.63. The zero-order valence-electron chi connectivity index (χ0n) is 15.9. The Kier molecular flexibility index (Phi) is 6.42. The van der Waals surface area contributed by atoms with Gasteiger partial charge in [-0.25, -0.2) is 12.8 Å². The van der Waals surface area contributed by atoms with Crippen LogP contribution in [0.25, 0.3) is 0 Å². The van der Waals surface area contributed by atoms with E-state index in [0.717, 1.165) is 16.5 Å². The largest absolute Gasteiger partial charge is 0.339 e. The van der Waals surface area contributed by atoms with Crippen LogP contribution in [0, 0.1) is 19.7 Å². The average molecular weight is 423 g/mol. The van der Waals surface area contributed by atoms with Crippen LogP contribution in [0.1, 0.15) is 11.1 Å². The van der Waals surface area contributed by atoms with Crippen molar-refractivity contribution in [3.63, 3.8) is 0 Å². The highest BCUT2D eigenvalue weighted by Crippen LogP contribution is 2.24. The van der Waals surface area contributed by atoms with Gasteiger partial charge < -0.3 is 4.90 Å². The Labute approximate surface area is 169 Å². The lowest BCUT2D eigenvalue weighted by Crippen LogP contribution is -2.51. The maximum atomic E-state index is 13.9. The summed E-state index contributed by atoms with van der Waals surface area (Å²) in [6, 6.07) is 11.5. The normalized spacial score (nSPS) is 15.6. The lowest BCUT2D eigenvalue weighted by molar-refractivity contribution is -0.129. The number of rotatable bonds is 5. The van der Waals surface area contributed by atoms with Crippen molar-refractivity contribution in [3.8, 4) is 0 Å². The SMILES string of the molecule is Cc1ccc(SCC(=O)N2CCN(S(=O)(=O)c3ccccc3F)CC2)c(C)c1. The summed E-state index contributed by atoms with van der Waals surface area (Å²) in [7, 11) is -3.89. The van der Waals surface area contributed by atoms with Gasteiger partial charge in [0.15, 0.2) is 0 Å². The smallest absolute Gasteiger partial charge is 0.246 e. The summed E-state index contributed by atoms with van der Waals surface area (Å²) in [5, 5.41) is 0. The molecule has 0 atom stereocenters. The molecule has 3 rings (SSSR count). The van der Waals surface area contributed by atoms with Crippen LogP contribution in [0.3, 0.4) is 0 Å². The number of halogens is 1. The summed E-state index contributed by atoms with van der Waals surface area (Å²) in [6.07, 6.45) is 0.